The normalized spacial score (nSPS) is 21.2. The molecule has 0 unspecified atom stereocenters. The number of carbonyl (C=O) groups excluding carboxylic acids is 2. The third-order valence-corrected chi connectivity index (χ3v) is 7.83. The van der Waals surface area contributed by atoms with Crippen molar-refractivity contribution in [1.82, 2.24) is 4.90 Å². The molecule has 0 fully saturated rings. The maximum absolute atomic E-state index is 13.9. The van der Waals surface area contributed by atoms with Crippen molar-refractivity contribution in [2.24, 2.45) is 10.8 Å². The molecule has 0 aromatic heterocycles. The molecule has 2 aliphatic carbocycles. The first-order chi connectivity index (χ1) is 17.5. The lowest BCUT2D eigenvalue weighted by molar-refractivity contribution is -0.119. The van der Waals surface area contributed by atoms with Crippen molar-refractivity contribution in [2.45, 2.75) is 99.3 Å². The second-order valence-corrected chi connectivity index (χ2v) is 12.5. The highest BCUT2D eigenvalue weighted by atomic mass is 16.5. The molecule has 0 saturated carbocycles. The smallest absolute Gasteiger partial charge is 0.162 e. The molecule has 0 atom stereocenters. The van der Waals surface area contributed by atoms with Crippen LogP contribution < -0.4 is 9.47 Å². The maximum atomic E-state index is 13.9. The Balaban J connectivity index is 1.91. The van der Waals surface area contributed by atoms with Gasteiger partial charge in [0, 0.05) is 47.8 Å². The lowest BCUT2D eigenvalue weighted by atomic mass is 9.63. The molecule has 0 radical (unpaired) electrons. The number of hydrogen-bond acceptors (Lipinski definition) is 5. The second-order valence-electron chi connectivity index (χ2n) is 12.5. The number of allylic oxidation sites excluding steroid dienone is 4. The Labute approximate surface area is 223 Å². The lowest BCUT2D eigenvalue weighted by Crippen LogP contribution is -2.44. The fraction of sp³-hybridized carbons (Fsp3) is 0.625. The molecular weight excluding hydrogens is 462 g/mol. The minimum Gasteiger partial charge on any atom is -0.490 e. The average molecular weight is 508 g/mol. The van der Waals surface area contributed by atoms with Crippen LogP contribution in [0.3, 0.4) is 0 Å². The van der Waals surface area contributed by atoms with Crippen LogP contribution in [0.1, 0.15) is 105 Å². The van der Waals surface area contributed by atoms with E-state index in [0.717, 1.165) is 72.5 Å². The second kappa shape index (κ2) is 10.7. The molecule has 5 heteroatoms. The van der Waals surface area contributed by atoms with Gasteiger partial charge in [-0.15, -0.1) is 0 Å². The minimum absolute atomic E-state index is 0.105. The molecule has 3 aliphatic rings. The molecule has 1 aromatic carbocycles. The van der Waals surface area contributed by atoms with Gasteiger partial charge in [0.05, 0.1) is 13.2 Å². The van der Waals surface area contributed by atoms with Crippen LogP contribution in [0.5, 0.6) is 11.5 Å². The third-order valence-electron chi connectivity index (χ3n) is 7.83. The van der Waals surface area contributed by atoms with Gasteiger partial charge in [-0.2, -0.15) is 0 Å². The standard InChI is InChI=1S/C32H45NO4/c1-8-11-15-37-26-13-12-21(16-27(26)36-10-3)28-29-22(17-31(4,5)19-24(29)34)33(14-9-2)23-18-32(6,7)20-25(35)30(23)28/h12-13,16,28H,8-11,14-15,17-20H2,1-7H3. The van der Waals surface area contributed by atoms with Crippen molar-refractivity contribution in [2.75, 3.05) is 19.8 Å². The van der Waals surface area contributed by atoms with E-state index in [1.807, 2.05) is 25.1 Å². The van der Waals surface area contributed by atoms with Gasteiger partial charge >= 0.3 is 0 Å². The summed E-state index contributed by atoms with van der Waals surface area (Å²) < 4.78 is 12.1. The van der Waals surface area contributed by atoms with Gasteiger partial charge in [-0.3, -0.25) is 9.59 Å². The highest BCUT2D eigenvalue weighted by molar-refractivity contribution is 6.06. The van der Waals surface area contributed by atoms with E-state index in [-0.39, 0.29) is 28.3 Å². The SMILES string of the molecule is CCCCOc1ccc(C2C3=C(CC(C)(C)CC3=O)N(CCC)C3=C2C(=O)CC(C)(C)C3)cc1OCC. The van der Waals surface area contributed by atoms with Crippen LogP contribution in [0, 0.1) is 10.8 Å². The van der Waals surface area contributed by atoms with Crippen molar-refractivity contribution >= 4 is 11.6 Å². The van der Waals surface area contributed by atoms with Crippen molar-refractivity contribution < 1.29 is 19.1 Å². The molecule has 1 aromatic rings. The topological polar surface area (TPSA) is 55.8 Å². The number of benzene rings is 1. The van der Waals surface area contributed by atoms with Crippen molar-refractivity contribution in [3.05, 3.63) is 46.3 Å². The fourth-order valence-corrected chi connectivity index (χ4v) is 6.29. The fourth-order valence-electron chi connectivity index (χ4n) is 6.29. The van der Waals surface area contributed by atoms with Crippen LogP contribution in [0.2, 0.25) is 0 Å². The number of carbonyl (C=O) groups is 2. The van der Waals surface area contributed by atoms with Gasteiger partial charge in [-0.05, 0) is 61.1 Å². The van der Waals surface area contributed by atoms with E-state index < -0.39 is 0 Å². The molecule has 0 saturated heterocycles. The first kappa shape index (κ1) is 27.5. The van der Waals surface area contributed by atoms with Crippen LogP contribution in [-0.4, -0.2) is 36.2 Å². The number of nitrogens with zero attached hydrogens (tertiary/aromatic N) is 1. The molecule has 202 valence electrons. The molecule has 37 heavy (non-hydrogen) atoms. The molecule has 0 bridgehead atoms. The van der Waals surface area contributed by atoms with Crippen LogP contribution >= 0.6 is 0 Å². The first-order valence-electron chi connectivity index (χ1n) is 14.2. The van der Waals surface area contributed by atoms with Crippen molar-refractivity contribution in [3.63, 3.8) is 0 Å². The Bertz CT molecular complexity index is 1070. The number of ether oxygens (including phenoxy) is 2. The number of ketones is 2. The molecule has 0 spiro atoms. The van der Waals surface area contributed by atoms with E-state index in [9.17, 15) is 9.59 Å². The zero-order chi connectivity index (χ0) is 27.0. The summed E-state index contributed by atoms with van der Waals surface area (Å²) in [7, 11) is 0. The van der Waals surface area contributed by atoms with Gasteiger partial charge in [0.2, 0.25) is 0 Å². The van der Waals surface area contributed by atoms with Crippen LogP contribution in [0.15, 0.2) is 40.7 Å². The summed E-state index contributed by atoms with van der Waals surface area (Å²) in [5.41, 5.74) is 4.63. The van der Waals surface area contributed by atoms with E-state index in [0.29, 0.717) is 31.8 Å². The minimum atomic E-state index is -0.353. The van der Waals surface area contributed by atoms with Gasteiger partial charge < -0.3 is 14.4 Å². The molecule has 5 nitrogen and oxygen atoms in total. The number of unbranched alkanes of at least 4 members (excludes halogenated alkanes) is 1. The maximum Gasteiger partial charge on any atom is 0.162 e. The Kier molecular flexibility index (Phi) is 7.92. The Morgan fingerprint density at radius 1 is 0.811 bits per heavy atom. The van der Waals surface area contributed by atoms with Gasteiger partial charge in [0.15, 0.2) is 23.1 Å². The van der Waals surface area contributed by atoms with Crippen LogP contribution in [0.4, 0.5) is 0 Å². The van der Waals surface area contributed by atoms with E-state index in [2.05, 4.69) is 46.4 Å². The number of rotatable bonds is 9. The van der Waals surface area contributed by atoms with Crippen LogP contribution in [0.25, 0.3) is 0 Å². The van der Waals surface area contributed by atoms with E-state index >= 15 is 0 Å². The zero-order valence-electron chi connectivity index (χ0n) is 24.0. The highest BCUT2D eigenvalue weighted by Gasteiger charge is 2.48. The summed E-state index contributed by atoms with van der Waals surface area (Å²) in [6.07, 6.45) is 5.68. The number of Topliss-reactive ketones (excluding diaryl/α,β-unsaturated/α-hetero) is 2. The number of hydrogen-bond donors (Lipinski definition) is 0. The molecule has 0 amide bonds. The molecule has 1 aliphatic heterocycles. The quantitative estimate of drug-likeness (QED) is 0.327. The summed E-state index contributed by atoms with van der Waals surface area (Å²) in [6, 6.07) is 6.02. The summed E-state index contributed by atoms with van der Waals surface area (Å²) in [4.78, 5) is 30.1. The Morgan fingerprint density at radius 2 is 1.41 bits per heavy atom. The van der Waals surface area contributed by atoms with E-state index in [1.54, 1.807) is 0 Å². The largest absolute Gasteiger partial charge is 0.490 e. The van der Waals surface area contributed by atoms with E-state index in [4.69, 9.17) is 9.47 Å². The van der Waals surface area contributed by atoms with Crippen molar-refractivity contribution in [3.8, 4) is 11.5 Å². The Hall–Kier alpha value is -2.56. The predicted molar refractivity (Wildman–Crippen MR) is 148 cm³/mol. The monoisotopic (exact) mass is 507 g/mol. The summed E-state index contributed by atoms with van der Waals surface area (Å²) >= 11 is 0. The van der Waals surface area contributed by atoms with Crippen LogP contribution in [-0.2, 0) is 9.59 Å². The molecule has 4 rings (SSSR count). The first-order valence-corrected chi connectivity index (χ1v) is 14.2. The highest BCUT2D eigenvalue weighted by Crippen LogP contribution is 2.54. The Morgan fingerprint density at radius 3 is 1.92 bits per heavy atom. The molecule has 0 N–H and O–H groups in total. The molecular formula is C32H45NO4. The van der Waals surface area contributed by atoms with Gasteiger partial charge in [0.25, 0.3) is 0 Å². The third kappa shape index (κ3) is 5.51. The van der Waals surface area contributed by atoms with Crippen molar-refractivity contribution in [1.29, 1.82) is 0 Å². The van der Waals surface area contributed by atoms with Gasteiger partial charge in [0.1, 0.15) is 0 Å². The zero-order valence-corrected chi connectivity index (χ0v) is 24.0. The average Bonchev–Trinajstić information content (AvgIpc) is 2.79. The summed E-state index contributed by atoms with van der Waals surface area (Å²) in [5, 5.41) is 0. The summed E-state index contributed by atoms with van der Waals surface area (Å²) in [5.74, 6) is 1.39. The molecule has 1 heterocycles. The van der Waals surface area contributed by atoms with Gasteiger partial charge in [-0.25, -0.2) is 0 Å². The predicted octanol–water partition coefficient (Wildman–Crippen LogP) is 7.36. The van der Waals surface area contributed by atoms with E-state index in [1.165, 1.54) is 0 Å². The lowest BCUT2D eigenvalue weighted by Gasteiger charge is -2.49. The van der Waals surface area contributed by atoms with Gasteiger partial charge in [-0.1, -0.05) is 54.0 Å². The summed E-state index contributed by atoms with van der Waals surface area (Å²) in [6.45, 7) is 17.0.